The van der Waals surface area contributed by atoms with Gasteiger partial charge in [-0.05, 0) is 6.07 Å². The van der Waals surface area contributed by atoms with Crippen LogP contribution in [0.15, 0.2) is 33.9 Å². The molecule has 2 rings (SSSR count). The monoisotopic (exact) mass is 180 g/mol. The molecule has 2 aromatic heterocycles. The van der Waals surface area contributed by atoms with E-state index in [9.17, 15) is 0 Å². The van der Waals surface area contributed by atoms with E-state index in [1.807, 2.05) is 11.4 Å². The topological polar surface area (TPSA) is 52.0 Å². The van der Waals surface area contributed by atoms with Crippen molar-refractivity contribution < 1.29 is 4.42 Å². The summed E-state index contributed by atoms with van der Waals surface area (Å²) in [6, 6.07) is 1.69. The summed E-state index contributed by atoms with van der Waals surface area (Å²) in [7, 11) is 0. The van der Waals surface area contributed by atoms with Gasteiger partial charge in [-0.15, -0.1) is 11.3 Å². The lowest BCUT2D eigenvalue weighted by Gasteiger charge is -2.03. The lowest BCUT2D eigenvalue weighted by molar-refractivity contribution is 0.561. The molecule has 0 aromatic carbocycles. The SMILES string of the molecule is NC(c1ccoc1)c1cscn1. The molecular formula is C8H8N2OS. The zero-order valence-corrected chi connectivity index (χ0v) is 7.12. The molecule has 2 heterocycles. The molecule has 0 bridgehead atoms. The summed E-state index contributed by atoms with van der Waals surface area (Å²) in [5, 5.41) is 1.94. The van der Waals surface area contributed by atoms with Crippen molar-refractivity contribution in [3.63, 3.8) is 0 Å². The van der Waals surface area contributed by atoms with Gasteiger partial charge in [0.15, 0.2) is 0 Å². The van der Waals surface area contributed by atoms with E-state index in [0.29, 0.717) is 0 Å². The van der Waals surface area contributed by atoms with Crippen LogP contribution >= 0.6 is 11.3 Å². The standard InChI is InChI=1S/C8H8N2OS/c9-8(6-1-2-11-3-6)7-4-12-5-10-7/h1-5,8H,9H2. The number of nitrogens with two attached hydrogens (primary N) is 1. The van der Waals surface area contributed by atoms with Gasteiger partial charge in [0, 0.05) is 10.9 Å². The summed E-state index contributed by atoms with van der Waals surface area (Å²) < 4.78 is 4.93. The van der Waals surface area contributed by atoms with Gasteiger partial charge in [-0.25, -0.2) is 4.98 Å². The highest BCUT2D eigenvalue weighted by atomic mass is 32.1. The summed E-state index contributed by atoms with van der Waals surface area (Å²) in [6.07, 6.45) is 3.26. The Morgan fingerprint density at radius 3 is 3.08 bits per heavy atom. The summed E-state index contributed by atoms with van der Waals surface area (Å²) in [4.78, 5) is 4.12. The van der Waals surface area contributed by atoms with Crippen LogP contribution in [-0.2, 0) is 0 Å². The molecule has 3 nitrogen and oxygen atoms in total. The molecule has 0 aliphatic heterocycles. The third-order valence-corrected chi connectivity index (χ3v) is 2.28. The van der Waals surface area contributed by atoms with Crippen molar-refractivity contribution in [2.45, 2.75) is 6.04 Å². The molecule has 2 aromatic rings. The fourth-order valence-electron chi connectivity index (χ4n) is 0.998. The molecule has 0 spiro atoms. The Balaban J connectivity index is 2.27. The second kappa shape index (κ2) is 3.08. The van der Waals surface area contributed by atoms with E-state index in [1.54, 1.807) is 29.4 Å². The molecular weight excluding hydrogens is 172 g/mol. The van der Waals surface area contributed by atoms with Crippen LogP contribution in [0.3, 0.4) is 0 Å². The second-order valence-corrected chi connectivity index (χ2v) is 3.17. The van der Waals surface area contributed by atoms with Gasteiger partial charge in [0.2, 0.25) is 0 Å². The minimum atomic E-state index is -0.157. The Morgan fingerprint density at radius 2 is 2.50 bits per heavy atom. The van der Waals surface area contributed by atoms with E-state index in [-0.39, 0.29) is 6.04 Å². The summed E-state index contributed by atoms with van der Waals surface area (Å²) in [5.74, 6) is 0. The van der Waals surface area contributed by atoms with Crippen molar-refractivity contribution in [2.24, 2.45) is 5.73 Å². The maximum atomic E-state index is 5.89. The van der Waals surface area contributed by atoms with Gasteiger partial charge >= 0.3 is 0 Å². The van der Waals surface area contributed by atoms with Crippen molar-refractivity contribution in [1.29, 1.82) is 0 Å². The van der Waals surface area contributed by atoms with E-state index in [1.165, 1.54) is 0 Å². The van der Waals surface area contributed by atoms with Gasteiger partial charge in [-0.3, -0.25) is 0 Å². The highest BCUT2D eigenvalue weighted by Gasteiger charge is 2.10. The van der Waals surface area contributed by atoms with Gasteiger partial charge in [0.1, 0.15) is 0 Å². The molecule has 1 atom stereocenters. The van der Waals surface area contributed by atoms with Crippen LogP contribution in [0.2, 0.25) is 0 Å². The Kier molecular flexibility index (Phi) is 1.93. The average Bonchev–Trinajstić information content (AvgIpc) is 2.77. The first-order valence-corrected chi connectivity index (χ1v) is 4.48. The zero-order chi connectivity index (χ0) is 8.39. The average molecular weight is 180 g/mol. The smallest absolute Gasteiger partial charge is 0.0954 e. The van der Waals surface area contributed by atoms with Crippen molar-refractivity contribution in [1.82, 2.24) is 4.98 Å². The van der Waals surface area contributed by atoms with Crippen molar-refractivity contribution in [3.8, 4) is 0 Å². The maximum absolute atomic E-state index is 5.89. The Bertz CT molecular complexity index is 294. The molecule has 0 saturated carbocycles. The summed E-state index contributed by atoms with van der Waals surface area (Å²) in [5.41, 5.74) is 9.51. The van der Waals surface area contributed by atoms with E-state index < -0.39 is 0 Å². The van der Waals surface area contributed by atoms with Crippen LogP contribution in [-0.4, -0.2) is 4.98 Å². The molecule has 4 heteroatoms. The number of hydrogen-bond acceptors (Lipinski definition) is 4. The van der Waals surface area contributed by atoms with Gasteiger partial charge in [0.05, 0.1) is 29.8 Å². The van der Waals surface area contributed by atoms with E-state index in [0.717, 1.165) is 11.3 Å². The van der Waals surface area contributed by atoms with Crippen LogP contribution in [0.25, 0.3) is 0 Å². The predicted molar refractivity (Wildman–Crippen MR) is 46.9 cm³/mol. The lowest BCUT2D eigenvalue weighted by Crippen LogP contribution is -2.10. The largest absolute Gasteiger partial charge is 0.472 e. The molecule has 62 valence electrons. The van der Waals surface area contributed by atoms with Gasteiger partial charge in [0.25, 0.3) is 0 Å². The van der Waals surface area contributed by atoms with Crippen LogP contribution in [0.5, 0.6) is 0 Å². The highest BCUT2D eigenvalue weighted by Crippen LogP contribution is 2.18. The molecule has 12 heavy (non-hydrogen) atoms. The number of hydrogen-bond donors (Lipinski definition) is 1. The first-order valence-electron chi connectivity index (χ1n) is 3.53. The molecule has 0 aliphatic rings. The van der Waals surface area contributed by atoms with Crippen LogP contribution in [0, 0.1) is 0 Å². The van der Waals surface area contributed by atoms with E-state index in [2.05, 4.69) is 4.98 Å². The van der Waals surface area contributed by atoms with Gasteiger partial charge < -0.3 is 10.2 Å². The highest BCUT2D eigenvalue weighted by molar-refractivity contribution is 7.07. The summed E-state index contributed by atoms with van der Waals surface area (Å²) in [6.45, 7) is 0. The maximum Gasteiger partial charge on any atom is 0.0954 e. The Morgan fingerprint density at radius 1 is 1.58 bits per heavy atom. The van der Waals surface area contributed by atoms with Crippen molar-refractivity contribution >= 4 is 11.3 Å². The fraction of sp³-hybridized carbons (Fsp3) is 0.125. The Labute approximate surface area is 73.8 Å². The van der Waals surface area contributed by atoms with Gasteiger partial charge in [-0.1, -0.05) is 0 Å². The number of furan rings is 1. The fourth-order valence-corrected chi connectivity index (χ4v) is 1.59. The first kappa shape index (κ1) is 7.52. The molecule has 1 unspecified atom stereocenters. The third-order valence-electron chi connectivity index (χ3n) is 1.67. The number of rotatable bonds is 2. The normalized spacial score (nSPS) is 13.1. The van der Waals surface area contributed by atoms with E-state index >= 15 is 0 Å². The quantitative estimate of drug-likeness (QED) is 0.766. The van der Waals surface area contributed by atoms with Crippen molar-refractivity contribution in [2.75, 3.05) is 0 Å². The van der Waals surface area contributed by atoms with E-state index in [4.69, 9.17) is 10.2 Å². The number of nitrogens with zero attached hydrogens (tertiary/aromatic N) is 1. The first-order chi connectivity index (χ1) is 5.88. The lowest BCUT2D eigenvalue weighted by atomic mass is 10.1. The minimum absolute atomic E-state index is 0.157. The molecule has 0 aliphatic carbocycles. The number of aromatic nitrogens is 1. The predicted octanol–water partition coefficient (Wildman–Crippen LogP) is 1.78. The molecule has 0 saturated heterocycles. The van der Waals surface area contributed by atoms with Gasteiger partial charge in [-0.2, -0.15) is 0 Å². The summed E-state index contributed by atoms with van der Waals surface area (Å²) >= 11 is 1.54. The van der Waals surface area contributed by atoms with Crippen LogP contribution < -0.4 is 5.73 Å². The van der Waals surface area contributed by atoms with Crippen molar-refractivity contribution in [3.05, 3.63) is 40.7 Å². The molecule has 2 N–H and O–H groups in total. The Hall–Kier alpha value is -1.13. The molecule has 0 radical (unpaired) electrons. The third kappa shape index (κ3) is 1.26. The van der Waals surface area contributed by atoms with Crippen LogP contribution in [0.4, 0.5) is 0 Å². The molecule has 0 amide bonds. The second-order valence-electron chi connectivity index (χ2n) is 2.45. The zero-order valence-electron chi connectivity index (χ0n) is 6.31. The van der Waals surface area contributed by atoms with Crippen LogP contribution in [0.1, 0.15) is 17.3 Å². The number of thiazole rings is 1. The minimum Gasteiger partial charge on any atom is -0.472 e. The molecule has 0 fully saturated rings.